The summed E-state index contributed by atoms with van der Waals surface area (Å²) >= 11 is 0. The molecule has 0 bridgehead atoms. The summed E-state index contributed by atoms with van der Waals surface area (Å²) in [5.74, 6) is 0. The van der Waals surface area contributed by atoms with Crippen molar-refractivity contribution in [3.05, 3.63) is 24.0 Å². The van der Waals surface area contributed by atoms with Gasteiger partial charge in [0.25, 0.3) is 0 Å². The predicted octanol–water partition coefficient (Wildman–Crippen LogP) is 0.629. The SMILES string of the molecule is Cn1nc([C@H]2CNCCO2)c2cccnc21. The van der Waals surface area contributed by atoms with Gasteiger partial charge in [-0.1, -0.05) is 0 Å². The van der Waals surface area contributed by atoms with E-state index in [4.69, 9.17) is 4.74 Å². The van der Waals surface area contributed by atoms with Crippen LogP contribution in [0.3, 0.4) is 0 Å². The quantitative estimate of drug-likeness (QED) is 0.762. The molecule has 16 heavy (non-hydrogen) atoms. The molecule has 3 rings (SSSR count). The Hall–Kier alpha value is -1.46. The molecule has 5 heteroatoms. The maximum absolute atomic E-state index is 5.72. The lowest BCUT2D eigenvalue weighted by atomic mass is 10.1. The Kier molecular flexibility index (Phi) is 2.34. The van der Waals surface area contributed by atoms with Gasteiger partial charge in [-0.2, -0.15) is 5.10 Å². The minimum absolute atomic E-state index is 0.0432. The smallest absolute Gasteiger partial charge is 0.157 e. The van der Waals surface area contributed by atoms with Crippen LogP contribution in [0.2, 0.25) is 0 Å². The maximum atomic E-state index is 5.72. The molecule has 2 aromatic rings. The van der Waals surface area contributed by atoms with Gasteiger partial charge in [0.1, 0.15) is 11.8 Å². The number of hydrogen-bond donors (Lipinski definition) is 1. The van der Waals surface area contributed by atoms with Gasteiger partial charge in [0, 0.05) is 31.7 Å². The van der Waals surface area contributed by atoms with Crippen LogP contribution in [-0.2, 0) is 11.8 Å². The molecule has 0 unspecified atom stereocenters. The lowest BCUT2D eigenvalue weighted by Crippen LogP contribution is -2.33. The third kappa shape index (κ3) is 1.48. The second-order valence-electron chi connectivity index (χ2n) is 3.95. The topological polar surface area (TPSA) is 52.0 Å². The molecule has 0 saturated carbocycles. The molecule has 1 N–H and O–H groups in total. The van der Waals surface area contributed by atoms with Crippen molar-refractivity contribution in [1.82, 2.24) is 20.1 Å². The van der Waals surface area contributed by atoms with E-state index in [1.165, 1.54) is 0 Å². The monoisotopic (exact) mass is 218 g/mol. The molecule has 1 atom stereocenters. The minimum Gasteiger partial charge on any atom is -0.369 e. The minimum atomic E-state index is 0.0432. The number of aryl methyl sites for hydroxylation is 1. The number of fused-ring (bicyclic) bond motifs is 1. The van der Waals surface area contributed by atoms with Crippen LogP contribution in [-0.4, -0.2) is 34.5 Å². The van der Waals surface area contributed by atoms with Gasteiger partial charge in [0.15, 0.2) is 5.65 Å². The molecule has 84 valence electrons. The van der Waals surface area contributed by atoms with Crippen molar-refractivity contribution in [3.8, 4) is 0 Å². The van der Waals surface area contributed by atoms with Crippen LogP contribution in [0.25, 0.3) is 11.0 Å². The van der Waals surface area contributed by atoms with Crippen molar-refractivity contribution in [2.45, 2.75) is 6.10 Å². The van der Waals surface area contributed by atoms with E-state index in [0.717, 1.165) is 36.4 Å². The third-order valence-corrected chi connectivity index (χ3v) is 2.86. The van der Waals surface area contributed by atoms with Crippen molar-refractivity contribution in [2.75, 3.05) is 19.7 Å². The highest BCUT2D eigenvalue weighted by molar-refractivity contribution is 5.78. The number of morpholine rings is 1. The summed E-state index contributed by atoms with van der Waals surface area (Å²) in [6.45, 7) is 2.48. The Morgan fingerprint density at radius 3 is 3.31 bits per heavy atom. The molecule has 1 saturated heterocycles. The Bertz CT molecular complexity index is 502. The molecule has 0 spiro atoms. The number of hydrogen-bond acceptors (Lipinski definition) is 4. The third-order valence-electron chi connectivity index (χ3n) is 2.86. The average Bonchev–Trinajstić information content (AvgIpc) is 2.69. The average molecular weight is 218 g/mol. The summed E-state index contributed by atoms with van der Waals surface area (Å²) in [6.07, 6.45) is 1.83. The Labute approximate surface area is 93.4 Å². The Morgan fingerprint density at radius 2 is 2.50 bits per heavy atom. The van der Waals surface area contributed by atoms with E-state index >= 15 is 0 Å². The van der Waals surface area contributed by atoms with Gasteiger partial charge in [0.05, 0.1) is 6.61 Å². The Balaban J connectivity index is 2.08. The summed E-state index contributed by atoms with van der Waals surface area (Å²) in [6, 6.07) is 3.98. The van der Waals surface area contributed by atoms with E-state index in [1.807, 2.05) is 23.9 Å². The van der Waals surface area contributed by atoms with Gasteiger partial charge >= 0.3 is 0 Å². The number of ether oxygens (including phenoxy) is 1. The van der Waals surface area contributed by atoms with Crippen LogP contribution in [0.5, 0.6) is 0 Å². The second kappa shape index (κ2) is 3.84. The van der Waals surface area contributed by atoms with Crippen molar-refractivity contribution in [2.24, 2.45) is 7.05 Å². The molecule has 5 nitrogen and oxygen atoms in total. The van der Waals surface area contributed by atoms with Crippen LogP contribution in [0.1, 0.15) is 11.8 Å². The van der Waals surface area contributed by atoms with Crippen LogP contribution in [0, 0.1) is 0 Å². The fourth-order valence-electron chi connectivity index (χ4n) is 2.10. The lowest BCUT2D eigenvalue weighted by Gasteiger charge is -2.22. The predicted molar refractivity (Wildman–Crippen MR) is 60.1 cm³/mol. The summed E-state index contributed by atoms with van der Waals surface area (Å²) in [4.78, 5) is 4.32. The highest BCUT2D eigenvalue weighted by Crippen LogP contribution is 2.24. The molecular formula is C11H14N4O. The van der Waals surface area contributed by atoms with E-state index in [2.05, 4.69) is 15.4 Å². The van der Waals surface area contributed by atoms with Gasteiger partial charge in [-0.15, -0.1) is 0 Å². The first-order valence-corrected chi connectivity index (χ1v) is 5.46. The van der Waals surface area contributed by atoms with Gasteiger partial charge in [-0.3, -0.25) is 4.68 Å². The second-order valence-corrected chi connectivity index (χ2v) is 3.95. The van der Waals surface area contributed by atoms with Crippen molar-refractivity contribution < 1.29 is 4.74 Å². The fourth-order valence-corrected chi connectivity index (χ4v) is 2.10. The zero-order valence-corrected chi connectivity index (χ0v) is 9.18. The van der Waals surface area contributed by atoms with Gasteiger partial charge in [0.2, 0.25) is 0 Å². The van der Waals surface area contributed by atoms with Crippen molar-refractivity contribution >= 4 is 11.0 Å². The number of aromatic nitrogens is 3. The van der Waals surface area contributed by atoms with Gasteiger partial charge in [-0.05, 0) is 12.1 Å². The largest absolute Gasteiger partial charge is 0.369 e. The molecule has 1 fully saturated rings. The van der Waals surface area contributed by atoms with Crippen LogP contribution in [0.4, 0.5) is 0 Å². The fraction of sp³-hybridized carbons (Fsp3) is 0.455. The first-order valence-electron chi connectivity index (χ1n) is 5.46. The zero-order valence-electron chi connectivity index (χ0n) is 9.18. The van der Waals surface area contributed by atoms with E-state index in [-0.39, 0.29) is 6.10 Å². The number of rotatable bonds is 1. The highest BCUT2D eigenvalue weighted by Gasteiger charge is 2.21. The van der Waals surface area contributed by atoms with Crippen LogP contribution >= 0.6 is 0 Å². The summed E-state index contributed by atoms with van der Waals surface area (Å²) in [5.41, 5.74) is 1.89. The van der Waals surface area contributed by atoms with E-state index in [9.17, 15) is 0 Å². The van der Waals surface area contributed by atoms with Gasteiger partial charge < -0.3 is 10.1 Å². The van der Waals surface area contributed by atoms with Crippen LogP contribution in [0.15, 0.2) is 18.3 Å². The summed E-state index contributed by atoms with van der Waals surface area (Å²) in [7, 11) is 1.91. The standard InChI is InChI=1S/C11H14N4O/c1-15-11-8(3-2-4-13-11)10(14-15)9-7-12-5-6-16-9/h2-4,9,12H,5-7H2,1H3/t9-/m1/s1. The van der Waals surface area contributed by atoms with Crippen LogP contribution < -0.4 is 5.32 Å². The first-order chi connectivity index (χ1) is 7.86. The summed E-state index contributed by atoms with van der Waals surface area (Å²) < 4.78 is 7.53. The molecule has 2 aromatic heterocycles. The number of pyridine rings is 1. The van der Waals surface area contributed by atoms with E-state index in [1.54, 1.807) is 6.20 Å². The summed E-state index contributed by atoms with van der Waals surface area (Å²) in [5, 5.41) is 8.90. The molecule has 1 aliphatic heterocycles. The molecule has 0 amide bonds. The van der Waals surface area contributed by atoms with E-state index in [0.29, 0.717) is 0 Å². The molecule has 1 aliphatic rings. The lowest BCUT2D eigenvalue weighted by molar-refractivity contribution is 0.0255. The number of nitrogens with one attached hydrogen (secondary N) is 1. The number of nitrogens with zero attached hydrogens (tertiary/aromatic N) is 3. The Morgan fingerprint density at radius 1 is 1.56 bits per heavy atom. The maximum Gasteiger partial charge on any atom is 0.157 e. The van der Waals surface area contributed by atoms with Crippen molar-refractivity contribution in [1.29, 1.82) is 0 Å². The van der Waals surface area contributed by atoms with E-state index < -0.39 is 0 Å². The molecular weight excluding hydrogens is 204 g/mol. The molecule has 3 heterocycles. The normalized spacial score (nSPS) is 21.4. The zero-order chi connectivity index (χ0) is 11.0. The van der Waals surface area contributed by atoms with Gasteiger partial charge in [-0.25, -0.2) is 4.98 Å². The molecule has 0 aromatic carbocycles. The highest BCUT2D eigenvalue weighted by atomic mass is 16.5. The molecule has 0 radical (unpaired) electrons. The van der Waals surface area contributed by atoms with Crippen molar-refractivity contribution in [3.63, 3.8) is 0 Å². The first kappa shape index (κ1) is 9.74. The molecule has 0 aliphatic carbocycles.